The van der Waals surface area contributed by atoms with Crippen LogP contribution < -0.4 is 10.0 Å². The van der Waals surface area contributed by atoms with E-state index in [1.165, 1.54) is 5.56 Å². The summed E-state index contributed by atoms with van der Waals surface area (Å²) >= 11 is 0. The van der Waals surface area contributed by atoms with Crippen LogP contribution in [0.25, 0.3) is 0 Å². The SMILES string of the molecule is CC1(c2ccccc2)CCC(NC(=O)c2ccc(NS(=O)(=O)C3CC3)cc2)CC1. The predicted molar refractivity (Wildman–Crippen MR) is 116 cm³/mol. The lowest BCUT2D eigenvalue weighted by molar-refractivity contribution is 0.0919. The summed E-state index contributed by atoms with van der Waals surface area (Å²) in [6.07, 6.45) is 5.45. The van der Waals surface area contributed by atoms with Gasteiger partial charge in [-0.25, -0.2) is 8.42 Å². The van der Waals surface area contributed by atoms with Crippen LogP contribution in [0.15, 0.2) is 54.6 Å². The minimum absolute atomic E-state index is 0.102. The summed E-state index contributed by atoms with van der Waals surface area (Å²) in [5.41, 5.74) is 2.59. The molecule has 2 saturated carbocycles. The molecule has 0 radical (unpaired) electrons. The zero-order valence-electron chi connectivity index (χ0n) is 16.7. The molecule has 0 saturated heterocycles. The van der Waals surface area contributed by atoms with Crippen LogP contribution in [0.3, 0.4) is 0 Å². The molecule has 4 rings (SSSR count). The fourth-order valence-electron chi connectivity index (χ4n) is 4.11. The maximum absolute atomic E-state index is 12.6. The van der Waals surface area contributed by atoms with Gasteiger partial charge in [0.05, 0.1) is 5.25 Å². The molecule has 154 valence electrons. The molecule has 2 N–H and O–H groups in total. The molecule has 2 aliphatic rings. The van der Waals surface area contributed by atoms with Gasteiger partial charge in [-0.2, -0.15) is 0 Å². The van der Waals surface area contributed by atoms with E-state index >= 15 is 0 Å². The van der Waals surface area contributed by atoms with Crippen molar-refractivity contribution in [2.24, 2.45) is 0 Å². The van der Waals surface area contributed by atoms with Crippen LogP contribution in [0.1, 0.15) is 61.4 Å². The molecule has 0 spiro atoms. The molecule has 2 fully saturated rings. The zero-order chi connectivity index (χ0) is 20.5. The van der Waals surface area contributed by atoms with Crippen LogP contribution in [-0.4, -0.2) is 25.6 Å². The van der Waals surface area contributed by atoms with Gasteiger partial charge in [-0.05, 0) is 73.8 Å². The lowest BCUT2D eigenvalue weighted by Crippen LogP contribution is -2.41. The van der Waals surface area contributed by atoms with E-state index in [0.29, 0.717) is 11.3 Å². The molecule has 0 heterocycles. The van der Waals surface area contributed by atoms with Gasteiger partial charge < -0.3 is 5.32 Å². The quantitative estimate of drug-likeness (QED) is 0.746. The Morgan fingerprint density at radius 3 is 2.14 bits per heavy atom. The number of carbonyl (C=O) groups is 1. The van der Waals surface area contributed by atoms with Gasteiger partial charge >= 0.3 is 0 Å². The standard InChI is InChI=1S/C23H28N2O3S/c1-23(18-5-3-2-4-6-18)15-13-19(14-16-23)24-22(26)17-7-9-20(10-8-17)25-29(27,28)21-11-12-21/h2-10,19,21,25H,11-16H2,1H3,(H,24,26). The van der Waals surface area contributed by atoms with E-state index in [2.05, 4.69) is 41.2 Å². The zero-order valence-corrected chi connectivity index (χ0v) is 17.5. The van der Waals surface area contributed by atoms with Crippen molar-refractivity contribution >= 4 is 21.6 Å². The average molecular weight is 413 g/mol. The number of sulfonamides is 1. The predicted octanol–water partition coefficient (Wildman–Crippen LogP) is 4.22. The summed E-state index contributed by atoms with van der Waals surface area (Å²) in [6.45, 7) is 2.31. The fraction of sp³-hybridized carbons (Fsp3) is 0.435. The first-order valence-corrected chi connectivity index (χ1v) is 11.9. The average Bonchev–Trinajstić information content (AvgIpc) is 3.57. The van der Waals surface area contributed by atoms with Crippen LogP contribution in [0.2, 0.25) is 0 Å². The Bertz CT molecular complexity index is 959. The van der Waals surface area contributed by atoms with E-state index in [9.17, 15) is 13.2 Å². The molecule has 6 heteroatoms. The Hall–Kier alpha value is -2.34. The van der Waals surface area contributed by atoms with Gasteiger partial charge in [0.25, 0.3) is 5.91 Å². The highest BCUT2D eigenvalue weighted by molar-refractivity contribution is 7.93. The smallest absolute Gasteiger partial charge is 0.251 e. The summed E-state index contributed by atoms with van der Waals surface area (Å²) in [5, 5.41) is 2.88. The number of benzene rings is 2. The number of amides is 1. The molecule has 0 aliphatic heterocycles. The summed E-state index contributed by atoms with van der Waals surface area (Å²) in [7, 11) is -3.28. The number of hydrogen-bond donors (Lipinski definition) is 2. The van der Waals surface area contributed by atoms with Crippen LogP contribution >= 0.6 is 0 Å². The van der Waals surface area contributed by atoms with Crippen molar-refractivity contribution in [3.63, 3.8) is 0 Å². The van der Waals surface area contributed by atoms with Crippen LogP contribution in [0.4, 0.5) is 5.69 Å². The topological polar surface area (TPSA) is 75.3 Å². The van der Waals surface area contributed by atoms with Crippen molar-refractivity contribution in [2.75, 3.05) is 4.72 Å². The second kappa shape index (κ2) is 7.82. The number of hydrogen-bond acceptors (Lipinski definition) is 3. The summed E-state index contributed by atoms with van der Waals surface area (Å²) < 4.78 is 26.6. The van der Waals surface area contributed by atoms with Gasteiger partial charge in [-0.3, -0.25) is 9.52 Å². The maximum Gasteiger partial charge on any atom is 0.251 e. The Labute approximate surface area is 173 Å². The molecule has 0 unspecified atom stereocenters. The Kier molecular flexibility index (Phi) is 5.38. The third-order valence-electron chi connectivity index (χ3n) is 6.27. The lowest BCUT2D eigenvalue weighted by atomic mass is 9.69. The van der Waals surface area contributed by atoms with Gasteiger partial charge in [0.2, 0.25) is 10.0 Å². The summed E-state index contributed by atoms with van der Waals surface area (Å²) in [4.78, 5) is 12.6. The third kappa shape index (κ3) is 4.64. The van der Waals surface area contributed by atoms with Gasteiger partial charge in [0.1, 0.15) is 0 Å². The molecule has 0 bridgehead atoms. The number of anilines is 1. The highest BCUT2D eigenvalue weighted by Gasteiger charge is 2.36. The first kappa shape index (κ1) is 20.0. The molecule has 29 heavy (non-hydrogen) atoms. The van der Waals surface area contributed by atoms with Crippen molar-refractivity contribution < 1.29 is 13.2 Å². The highest BCUT2D eigenvalue weighted by atomic mass is 32.2. The molecule has 0 aromatic heterocycles. The van der Waals surface area contributed by atoms with Gasteiger partial charge in [0.15, 0.2) is 0 Å². The second-order valence-corrected chi connectivity index (χ2v) is 10.6. The lowest BCUT2D eigenvalue weighted by Gasteiger charge is -2.38. The van der Waals surface area contributed by atoms with E-state index in [1.54, 1.807) is 24.3 Å². The van der Waals surface area contributed by atoms with Crippen molar-refractivity contribution in [1.29, 1.82) is 0 Å². The monoisotopic (exact) mass is 412 g/mol. The van der Waals surface area contributed by atoms with Crippen LogP contribution in [0, 0.1) is 0 Å². The molecular formula is C23H28N2O3S. The van der Waals surface area contributed by atoms with Crippen molar-refractivity contribution in [3.8, 4) is 0 Å². The molecule has 0 atom stereocenters. The molecule has 2 aromatic rings. The first-order valence-electron chi connectivity index (χ1n) is 10.3. The van der Waals surface area contributed by atoms with Crippen LogP contribution in [-0.2, 0) is 15.4 Å². The highest BCUT2D eigenvalue weighted by Crippen LogP contribution is 2.39. The van der Waals surface area contributed by atoms with Gasteiger partial charge in [0, 0.05) is 17.3 Å². The van der Waals surface area contributed by atoms with E-state index in [-0.39, 0.29) is 22.6 Å². The Balaban J connectivity index is 1.32. The van der Waals surface area contributed by atoms with E-state index < -0.39 is 10.0 Å². The third-order valence-corrected chi connectivity index (χ3v) is 8.13. The van der Waals surface area contributed by atoms with E-state index in [0.717, 1.165) is 38.5 Å². The Morgan fingerprint density at radius 1 is 0.931 bits per heavy atom. The van der Waals surface area contributed by atoms with Crippen LogP contribution in [0.5, 0.6) is 0 Å². The fourth-order valence-corrected chi connectivity index (χ4v) is 5.50. The minimum atomic E-state index is -3.28. The molecule has 1 amide bonds. The van der Waals surface area contributed by atoms with Gasteiger partial charge in [-0.1, -0.05) is 37.3 Å². The van der Waals surface area contributed by atoms with Crippen molar-refractivity contribution in [3.05, 3.63) is 65.7 Å². The largest absolute Gasteiger partial charge is 0.349 e. The minimum Gasteiger partial charge on any atom is -0.349 e. The maximum atomic E-state index is 12.6. The number of carbonyl (C=O) groups excluding carboxylic acids is 1. The summed E-state index contributed by atoms with van der Waals surface area (Å²) in [6, 6.07) is 17.4. The second-order valence-electron chi connectivity index (χ2n) is 8.60. The summed E-state index contributed by atoms with van der Waals surface area (Å²) in [5.74, 6) is -0.102. The number of rotatable bonds is 6. The molecule has 2 aliphatic carbocycles. The van der Waals surface area contributed by atoms with Crippen molar-refractivity contribution in [1.82, 2.24) is 5.32 Å². The van der Waals surface area contributed by atoms with E-state index in [4.69, 9.17) is 0 Å². The normalized spacial score (nSPS) is 24.7. The first-order chi connectivity index (χ1) is 13.9. The van der Waals surface area contributed by atoms with Crippen molar-refractivity contribution in [2.45, 2.75) is 62.2 Å². The number of nitrogens with one attached hydrogen (secondary N) is 2. The molecule has 5 nitrogen and oxygen atoms in total. The molecular weight excluding hydrogens is 384 g/mol. The Morgan fingerprint density at radius 2 is 1.55 bits per heavy atom. The van der Waals surface area contributed by atoms with Gasteiger partial charge in [-0.15, -0.1) is 0 Å². The van der Waals surface area contributed by atoms with E-state index in [1.807, 2.05) is 6.07 Å². The molecule has 2 aromatic carbocycles.